The largest absolute Gasteiger partial charge is 0.417 e. The molecule has 1 aliphatic rings. The van der Waals surface area contributed by atoms with Crippen molar-refractivity contribution < 1.29 is 13.2 Å². The van der Waals surface area contributed by atoms with Crippen LogP contribution in [0.15, 0.2) is 77.6 Å². The fourth-order valence-corrected chi connectivity index (χ4v) is 3.90. The lowest BCUT2D eigenvalue weighted by Gasteiger charge is -2.24. The van der Waals surface area contributed by atoms with Gasteiger partial charge < -0.3 is 10.2 Å². The number of benzene rings is 1. The number of aromatic nitrogens is 3. The van der Waals surface area contributed by atoms with E-state index in [1.165, 1.54) is 6.07 Å². The third-order valence-corrected chi connectivity index (χ3v) is 5.64. The third kappa shape index (κ3) is 6.44. The lowest BCUT2D eigenvalue weighted by Crippen LogP contribution is -2.30. The summed E-state index contributed by atoms with van der Waals surface area (Å²) in [7, 11) is 0. The van der Waals surface area contributed by atoms with Crippen molar-refractivity contribution in [3.05, 3.63) is 101 Å². The Labute approximate surface area is 204 Å². The first-order chi connectivity index (χ1) is 16.4. The van der Waals surface area contributed by atoms with E-state index < -0.39 is 11.7 Å². The number of pyridine rings is 1. The minimum absolute atomic E-state index is 0.374. The minimum Gasteiger partial charge on any atom is -0.368 e. The second-order valence-corrected chi connectivity index (χ2v) is 8.56. The number of anilines is 2. The highest BCUT2D eigenvalue weighted by atomic mass is 79.9. The Hall–Kier alpha value is -3.20. The molecular formula is C25H22BrF3N5. The van der Waals surface area contributed by atoms with Crippen LogP contribution in [0.4, 0.5) is 24.9 Å². The maximum Gasteiger partial charge on any atom is 0.417 e. The zero-order chi connectivity index (χ0) is 24.0. The summed E-state index contributed by atoms with van der Waals surface area (Å²) in [4.78, 5) is 15.2. The highest BCUT2D eigenvalue weighted by Crippen LogP contribution is 2.29. The summed E-state index contributed by atoms with van der Waals surface area (Å²) in [5, 5.41) is 3.09. The topological polar surface area (TPSA) is 53.9 Å². The van der Waals surface area contributed by atoms with E-state index in [1.54, 1.807) is 6.20 Å². The summed E-state index contributed by atoms with van der Waals surface area (Å²) in [6, 6.07) is 12.2. The van der Waals surface area contributed by atoms with Crippen LogP contribution in [0.25, 0.3) is 5.57 Å². The molecule has 0 unspecified atom stereocenters. The van der Waals surface area contributed by atoms with Crippen molar-refractivity contribution in [1.29, 1.82) is 0 Å². The Kier molecular flexibility index (Phi) is 7.62. The van der Waals surface area contributed by atoms with Gasteiger partial charge in [0.05, 0.1) is 11.3 Å². The van der Waals surface area contributed by atoms with E-state index in [0.717, 1.165) is 40.0 Å². The summed E-state index contributed by atoms with van der Waals surface area (Å²) in [5.41, 5.74) is 2.18. The monoisotopic (exact) mass is 528 g/mol. The molecule has 0 saturated heterocycles. The van der Waals surface area contributed by atoms with Gasteiger partial charge in [0.25, 0.3) is 0 Å². The van der Waals surface area contributed by atoms with Gasteiger partial charge in [-0.25, -0.2) is 15.0 Å². The van der Waals surface area contributed by atoms with Crippen LogP contribution < -0.4 is 10.2 Å². The number of rotatable bonds is 8. The molecule has 1 aliphatic carbocycles. The van der Waals surface area contributed by atoms with Crippen LogP contribution in [0.3, 0.4) is 0 Å². The van der Waals surface area contributed by atoms with Crippen molar-refractivity contribution in [2.45, 2.75) is 19.1 Å². The first-order valence-electron chi connectivity index (χ1n) is 10.7. The zero-order valence-corrected chi connectivity index (χ0v) is 19.7. The molecule has 0 bridgehead atoms. The van der Waals surface area contributed by atoms with Crippen molar-refractivity contribution in [2.24, 2.45) is 0 Å². The molecule has 0 aliphatic heterocycles. The van der Waals surface area contributed by atoms with E-state index in [4.69, 9.17) is 4.98 Å². The predicted molar refractivity (Wildman–Crippen MR) is 131 cm³/mol. The zero-order valence-electron chi connectivity index (χ0n) is 18.1. The molecule has 1 N–H and O–H groups in total. The summed E-state index contributed by atoms with van der Waals surface area (Å²) in [6.45, 7) is 1.52. The van der Waals surface area contributed by atoms with Gasteiger partial charge in [-0.1, -0.05) is 46.3 Å². The van der Waals surface area contributed by atoms with Crippen molar-refractivity contribution >= 4 is 33.3 Å². The third-order valence-electron chi connectivity index (χ3n) is 5.15. The van der Waals surface area contributed by atoms with Crippen LogP contribution in [0.5, 0.6) is 0 Å². The molecule has 0 fully saturated rings. The molecule has 3 aromatic rings. The number of nitrogens with one attached hydrogen (secondary N) is 1. The smallest absolute Gasteiger partial charge is 0.368 e. The van der Waals surface area contributed by atoms with Crippen LogP contribution >= 0.6 is 15.9 Å². The van der Waals surface area contributed by atoms with Crippen molar-refractivity contribution in [1.82, 2.24) is 15.0 Å². The molecule has 1 radical (unpaired) electrons. The van der Waals surface area contributed by atoms with E-state index in [1.807, 2.05) is 47.4 Å². The van der Waals surface area contributed by atoms with E-state index in [2.05, 4.69) is 43.7 Å². The van der Waals surface area contributed by atoms with Crippen molar-refractivity contribution in [3.8, 4) is 0 Å². The predicted octanol–water partition coefficient (Wildman–Crippen LogP) is 6.32. The van der Waals surface area contributed by atoms with E-state index in [-0.39, 0.29) is 0 Å². The molecular weight excluding hydrogens is 507 g/mol. The summed E-state index contributed by atoms with van der Waals surface area (Å²) in [6.07, 6.45) is 7.24. The van der Waals surface area contributed by atoms with Gasteiger partial charge in [-0.15, -0.1) is 0 Å². The number of alkyl halides is 3. The number of halogens is 4. The molecule has 9 heteroatoms. The second-order valence-electron chi connectivity index (χ2n) is 7.64. The molecule has 0 amide bonds. The molecule has 34 heavy (non-hydrogen) atoms. The molecule has 2 aromatic heterocycles. The van der Waals surface area contributed by atoms with Gasteiger partial charge in [-0.05, 0) is 54.3 Å². The van der Waals surface area contributed by atoms with Gasteiger partial charge in [-0.3, -0.25) is 0 Å². The number of hydrogen-bond donors (Lipinski definition) is 1. The van der Waals surface area contributed by atoms with Crippen LogP contribution in [-0.2, 0) is 12.7 Å². The lowest BCUT2D eigenvalue weighted by atomic mass is 10.0. The van der Waals surface area contributed by atoms with Gasteiger partial charge >= 0.3 is 6.18 Å². The molecule has 5 nitrogen and oxygen atoms in total. The first kappa shape index (κ1) is 23.9. The average molecular weight is 529 g/mol. The molecule has 0 saturated carbocycles. The quantitative estimate of drug-likeness (QED) is 0.370. The van der Waals surface area contributed by atoms with E-state index in [9.17, 15) is 13.2 Å². The van der Waals surface area contributed by atoms with Crippen molar-refractivity contribution in [3.63, 3.8) is 0 Å². The molecule has 0 atom stereocenters. The second kappa shape index (κ2) is 10.8. The Morgan fingerprint density at radius 1 is 1.09 bits per heavy atom. The highest BCUT2D eigenvalue weighted by Gasteiger charge is 2.30. The van der Waals surface area contributed by atoms with Crippen LogP contribution in [-0.4, -0.2) is 28.0 Å². The van der Waals surface area contributed by atoms with E-state index in [0.29, 0.717) is 31.4 Å². The van der Waals surface area contributed by atoms with Crippen molar-refractivity contribution in [2.75, 3.05) is 23.3 Å². The summed E-state index contributed by atoms with van der Waals surface area (Å²) < 4.78 is 39.3. The standard InChI is InChI=1S/C25H22BrF3N5/c26-21-8-4-5-18(15-21)17-34(14-13-30-23-10-9-20(16-32-23)25(27,28)29)24-31-12-11-22(33-24)19-6-2-1-3-7-19/h1-2,4-12,15-16H,3,13-14,17H2,(H,30,32). The normalized spacial score (nSPS) is 13.5. The Morgan fingerprint density at radius 2 is 1.97 bits per heavy atom. The summed E-state index contributed by atoms with van der Waals surface area (Å²) in [5.74, 6) is 0.947. The minimum atomic E-state index is -4.41. The lowest BCUT2D eigenvalue weighted by molar-refractivity contribution is -0.137. The van der Waals surface area contributed by atoms with Gasteiger partial charge in [0, 0.05) is 36.5 Å². The van der Waals surface area contributed by atoms with Gasteiger partial charge in [0.2, 0.25) is 5.95 Å². The maximum absolute atomic E-state index is 12.8. The van der Waals surface area contributed by atoms with Gasteiger partial charge in [0.1, 0.15) is 5.82 Å². The van der Waals surface area contributed by atoms with Gasteiger partial charge in [0.15, 0.2) is 0 Å². The number of nitrogens with zero attached hydrogens (tertiary/aromatic N) is 4. The molecule has 1 aromatic carbocycles. The Bertz CT molecular complexity index is 1180. The Morgan fingerprint density at radius 3 is 2.68 bits per heavy atom. The van der Waals surface area contributed by atoms with Gasteiger partial charge in [-0.2, -0.15) is 13.2 Å². The molecule has 175 valence electrons. The molecule has 2 heterocycles. The van der Waals surface area contributed by atoms with Crippen LogP contribution in [0.1, 0.15) is 23.2 Å². The van der Waals surface area contributed by atoms with E-state index >= 15 is 0 Å². The van der Waals surface area contributed by atoms with Crippen LogP contribution in [0, 0.1) is 6.42 Å². The maximum atomic E-state index is 12.8. The Balaban J connectivity index is 1.50. The fourth-order valence-electron chi connectivity index (χ4n) is 3.46. The SMILES string of the molecule is FC(F)(F)c1ccc(NCCN(Cc2cccc(Br)c2)c2nccc(C3=CC[CH]C=C3)n2)nc1. The molecule has 4 rings (SSSR count). The first-order valence-corrected chi connectivity index (χ1v) is 11.5. The fraction of sp³-hybridized carbons (Fsp3) is 0.200. The molecule has 0 spiro atoms. The summed E-state index contributed by atoms with van der Waals surface area (Å²) >= 11 is 3.51. The number of allylic oxidation sites excluding steroid dienone is 4. The highest BCUT2D eigenvalue weighted by molar-refractivity contribution is 9.10. The number of hydrogen-bond acceptors (Lipinski definition) is 5. The van der Waals surface area contributed by atoms with Crippen LogP contribution in [0.2, 0.25) is 0 Å². The average Bonchev–Trinajstić information content (AvgIpc) is 2.84.